The highest BCUT2D eigenvalue weighted by molar-refractivity contribution is 7.12. The van der Waals surface area contributed by atoms with E-state index in [0.29, 0.717) is 4.88 Å². The Morgan fingerprint density at radius 2 is 2.00 bits per heavy atom. The number of amides is 2. The maximum absolute atomic E-state index is 12.1. The van der Waals surface area contributed by atoms with Gasteiger partial charge in [0, 0.05) is 0 Å². The van der Waals surface area contributed by atoms with Crippen molar-refractivity contribution in [1.29, 1.82) is 0 Å². The third kappa shape index (κ3) is 4.11. The zero-order valence-corrected chi connectivity index (χ0v) is 13.8. The first kappa shape index (κ1) is 17.5. The number of nitrogens with one attached hydrogen (secondary N) is 2. The summed E-state index contributed by atoms with van der Waals surface area (Å²) in [6.45, 7) is 1.53. The normalized spacial score (nSPS) is 11.4. The van der Waals surface area contributed by atoms with Gasteiger partial charge in [-0.15, -0.1) is 11.3 Å². The highest BCUT2D eigenvalue weighted by atomic mass is 32.1. The van der Waals surface area contributed by atoms with Gasteiger partial charge in [-0.3, -0.25) is 9.59 Å². The number of esters is 1. The van der Waals surface area contributed by atoms with E-state index in [-0.39, 0.29) is 22.9 Å². The molecule has 0 aliphatic heterocycles. The number of aromatic hydroxyl groups is 1. The number of phenolic OH excluding ortho intramolecular Hbond substituents is 1. The van der Waals surface area contributed by atoms with E-state index in [2.05, 4.69) is 15.4 Å². The van der Waals surface area contributed by atoms with Crippen LogP contribution in [-0.2, 0) is 9.53 Å². The molecule has 2 rings (SSSR count). The van der Waals surface area contributed by atoms with Gasteiger partial charge in [0.25, 0.3) is 5.91 Å². The molecule has 7 nitrogen and oxygen atoms in total. The van der Waals surface area contributed by atoms with Crippen LogP contribution in [-0.4, -0.2) is 36.0 Å². The Bertz CT molecular complexity index is 758. The highest BCUT2D eigenvalue weighted by Gasteiger charge is 2.19. The van der Waals surface area contributed by atoms with E-state index in [1.54, 1.807) is 17.5 Å². The number of anilines is 1. The Morgan fingerprint density at radius 3 is 2.58 bits per heavy atom. The third-order valence-corrected chi connectivity index (χ3v) is 4.03. The molecule has 0 aliphatic carbocycles. The van der Waals surface area contributed by atoms with Gasteiger partial charge in [0.1, 0.15) is 11.8 Å². The van der Waals surface area contributed by atoms with Crippen LogP contribution in [0.4, 0.5) is 5.69 Å². The third-order valence-electron chi connectivity index (χ3n) is 3.16. The molecule has 24 heavy (non-hydrogen) atoms. The van der Waals surface area contributed by atoms with Crippen LogP contribution in [0.15, 0.2) is 35.7 Å². The predicted octanol–water partition coefficient (Wildman–Crippen LogP) is 2.00. The van der Waals surface area contributed by atoms with Crippen molar-refractivity contribution < 1.29 is 24.2 Å². The summed E-state index contributed by atoms with van der Waals surface area (Å²) in [6, 6.07) is 6.58. The number of rotatable bonds is 5. The number of carbonyl (C=O) groups is 3. The Labute approximate surface area is 142 Å². The Morgan fingerprint density at radius 1 is 1.25 bits per heavy atom. The molecule has 0 saturated carbocycles. The molecule has 0 unspecified atom stereocenters. The van der Waals surface area contributed by atoms with Crippen LogP contribution in [0.25, 0.3) is 0 Å². The lowest BCUT2D eigenvalue weighted by atomic mass is 10.2. The Balaban J connectivity index is 2.01. The lowest BCUT2D eigenvalue weighted by Crippen LogP contribution is -2.41. The van der Waals surface area contributed by atoms with Crippen LogP contribution in [0.3, 0.4) is 0 Å². The number of carbonyl (C=O) groups excluding carboxylic acids is 3. The molecule has 0 spiro atoms. The van der Waals surface area contributed by atoms with Gasteiger partial charge in [-0.1, -0.05) is 6.07 Å². The average molecular weight is 348 g/mol. The van der Waals surface area contributed by atoms with E-state index >= 15 is 0 Å². The fourth-order valence-electron chi connectivity index (χ4n) is 1.86. The van der Waals surface area contributed by atoms with E-state index < -0.39 is 17.9 Å². The van der Waals surface area contributed by atoms with Gasteiger partial charge in [0.05, 0.1) is 23.2 Å². The largest absolute Gasteiger partial charge is 0.506 e. The molecule has 0 fully saturated rings. The lowest BCUT2D eigenvalue weighted by Gasteiger charge is -2.14. The van der Waals surface area contributed by atoms with Crippen LogP contribution in [0.1, 0.15) is 27.0 Å². The average Bonchev–Trinajstić information content (AvgIpc) is 3.10. The zero-order valence-electron chi connectivity index (χ0n) is 13.0. The van der Waals surface area contributed by atoms with Crippen molar-refractivity contribution in [3.8, 4) is 5.75 Å². The summed E-state index contributed by atoms with van der Waals surface area (Å²) in [7, 11) is 1.23. The molecule has 0 radical (unpaired) electrons. The molecule has 1 aromatic heterocycles. The number of ether oxygens (including phenoxy) is 1. The summed E-state index contributed by atoms with van der Waals surface area (Å²) >= 11 is 1.27. The molecule has 1 heterocycles. The minimum Gasteiger partial charge on any atom is -0.506 e. The van der Waals surface area contributed by atoms with Crippen LogP contribution < -0.4 is 10.6 Å². The van der Waals surface area contributed by atoms with Gasteiger partial charge in [-0.2, -0.15) is 0 Å². The topological polar surface area (TPSA) is 105 Å². The first-order chi connectivity index (χ1) is 11.4. The van der Waals surface area contributed by atoms with Crippen LogP contribution in [0.2, 0.25) is 0 Å². The first-order valence-corrected chi connectivity index (χ1v) is 7.87. The molecule has 0 saturated heterocycles. The van der Waals surface area contributed by atoms with Crippen molar-refractivity contribution in [3.05, 3.63) is 46.2 Å². The van der Waals surface area contributed by atoms with Crippen molar-refractivity contribution >= 4 is 34.8 Å². The second-order valence-corrected chi connectivity index (χ2v) is 5.83. The van der Waals surface area contributed by atoms with Gasteiger partial charge < -0.3 is 20.5 Å². The molecule has 0 bridgehead atoms. The van der Waals surface area contributed by atoms with Crippen LogP contribution >= 0.6 is 11.3 Å². The van der Waals surface area contributed by atoms with Crippen molar-refractivity contribution in [3.63, 3.8) is 0 Å². The summed E-state index contributed by atoms with van der Waals surface area (Å²) in [5.41, 5.74) is 0.289. The van der Waals surface area contributed by atoms with Gasteiger partial charge in [-0.25, -0.2) is 4.79 Å². The number of phenols is 1. The van der Waals surface area contributed by atoms with Gasteiger partial charge in [0.2, 0.25) is 5.91 Å². The molecule has 1 atom stereocenters. The summed E-state index contributed by atoms with van der Waals surface area (Å²) in [4.78, 5) is 35.9. The fourth-order valence-corrected chi connectivity index (χ4v) is 2.49. The quantitative estimate of drug-likeness (QED) is 0.566. The minimum absolute atomic E-state index is 0.130. The molecule has 0 aliphatic rings. The summed E-state index contributed by atoms with van der Waals surface area (Å²) < 4.78 is 4.55. The SMILES string of the molecule is COC(=O)c1ccc(NC(=O)[C@H](C)NC(=O)c2cccs2)c(O)c1. The molecular formula is C16H16N2O5S. The lowest BCUT2D eigenvalue weighted by molar-refractivity contribution is -0.117. The monoisotopic (exact) mass is 348 g/mol. The van der Waals surface area contributed by atoms with E-state index in [9.17, 15) is 19.5 Å². The standard InChI is InChI=1S/C16H16N2O5S/c1-9(17-15(21)13-4-3-7-24-13)14(20)18-11-6-5-10(8-12(11)19)16(22)23-2/h3-9,19H,1-2H3,(H,17,21)(H,18,20)/t9-/m0/s1. The Kier molecular flexibility index (Phi) is 5.54. The number of hydrogen-bond acceptors (Lipinski definition) is 6. The molecule has 1 aromatic carbocycles. The van der Waals surface area contributed by atoms with Crippen molar-refractivity contribution in [2.24, 2.45) is 0 Å². The van der Waals surface area contributed by atoms with E-state index in [4.69, 9.17) is 0 Å². The van der Waals surface area contributed by atoms with Gasteiger partial charge in [-0.05, 0) is 36.6 Å². The maximum Gasteiger partial charge on any atom is 0.337 e. The van der Waals surface area contributed by atoms with Crippen molar-refractivity contribution in [1.82, 2.24) is 5.32 Å². The molecule has 8 heteroatoms. The number of hydrogen-bond donors (Lipinski definition) is 3. The second kappa shape index (κ2) is 7.60. The molecule has 126 valence electrons. The van der Waals surface area contributed by atoms with Crippen molar-refractivity contribution in [2.75, 3.05) is 12.4 Å². The van der Waals surface area contributed by atoms with E-state index in [1.165, 1.54) is 43.6 Å². The molecule has 2 aromatic rings. The summed E-state index contributed by atoms with van der Waals surface area (Å²) in [6.07, 6.45) is 0. The maximum atomic E-state index is 12.1. The van der Waals surface area contributed by atoms with Gasteiger partial charge >= 0.3 is 5.97 Å². The summed E-state index contributed by atoms with van der Waals surface area (Å²) in [5, 5.41) is 16.7. The van der Waals surface area contributed by atoms with Crippen molar-refractivity contribution in [2.45, 2.75) is 13.0 Å². The molecular weight excluding hydrogens is 332 g/mol. The molecule has 3 N–H and O–H groups in total. The Hall–Kier alpha value is -2.87. The zero-order chi connectivity index (χ0) is 17.7. The molecule has 2 amide bonds. The fraction of sp³-hybridized carbons (Fsp3) is 0.188. The van der Waals surface area contributed by atoms with E-state index in [1.807, 2.05) is 0 Å². The van der Waals surface area contributed by atoms with Crippen LogP contribution in [0, 0.1) is 0 Å². The predicted molar refractivity (Wildman–Crippen MR) is 89.3 cm³/mol. The number of thiophene rings is 1. The summed E-state index contributed by atoms with van der Waals surface area (Å²) in [5.74, 6) is -1.72. The van der Waals surface area contributed by atoms with E-state index in [0.717, 1.165) is 0 Å². The smallest absolute Gasteiger partial charge is 0.337 e. The second-order valence-electron chi connectivity index (χ2n) is 4.89. The highest BCUT2D eigenvalue weighted by Crippen LogP contribution is 2.24. The van der Waals surface area contributed by atoms with Gasteiger partial charge in [0.15, 0.2) is 0 Å². The minimum atomic E-state index is -0.806. The number of benzene rings is 1. The first-order valence-electron chi connectivity index (χ1n) is 6.99. The van der Waals surface area contributed by atoms with Crippen LogP contribution in [0.5, 0.6) is 5.75 Å². The number of methoxy groups -OCH3 is 1.